The summed E-state index contributed by atoms with van der Waals surface area (Å²) in [4.78, 5) is 36.3. The molecule has 0 N–H and O–H groups in total. The predicted octanol–water partition coefficient (Wildman–Crippen LogP) is 3.25. The molecule has 26 heavy (non-hydrogen) atoms. The molecule has 2 aromatic rings. The maximum absolute atomic E-state index is 13.0. The molecular weight excluding hydrogens is 343 g/mol. The standard InChI is InChI=1S/C18H17FN2O5/c1-3-20(14-9-7-13(19)8-10-14)16(22)11-26-18(23)17-12(2)5-4-6-15(17)21(24)25/h4-10H,3,11H2,1-2H3. The Balaban J connectivity index is 2.12. The zero-order chi connectivity index (χ0) is 19.3. The van der Waals surface area contributed by atoms with Crippen LogP contribution in [0.3, 0.4) is 0 Å². The summed E-state index contributed by atoms with van der Waals surface area (Å²) in [6.45, 7) is 2.96. The van der Waals surface area contributed by atoms with Gasteiger partial charge in [0.05, 0.1) is 4.92 Å². The Kier molecular flexibility index (Phi) is 6.00. The number of likely N-dealkylation sites (N-methyl/N-ethyl adjacent to an activating group) is 1. The number of rotatable bonds is 6. The third-order valence-electron chi connectivity index (χ3n) is 3.73. The van der Waals surface area contributed by atoms with Crippen molar-refractivity contribution in [1.29, 1.82) is 0 Å². The maximum atomic E-state index is 13.0. The van der Waals surface area contributed by atoms with Crippen LogP contribution in [-0.2, 0) is 9.53 Å². The third kappa shape index (κ3) is 4.21. The molecule has 7 nitrogen and oxygen atoms in total. The monoisotopic (exact) mass is 360 g/mol. The highest BCUT2D eigenvalue weighted by atomic mass is 19.1. The Hall–Kier alpha value is -3.29. The van der Waals surface area contributed by atoms with Gasteiger partial charge in [0.25, 0.3) is 11.6 Å². The highest BCUT2D eigenvalue weighted by molar-refractivity contribution is 5.99. The molecule has 0 bridgehead atoms. The fraction of sp³-hybridized carbons (Fsp3) is 0.222. The first-order chi connectivity index (χ1) is 12.3. The second-order valence-electron chi connectivity index (χ2n) is 5.42. The van der Waals surface area contributed by atoms with E-state index in [1.165, 1.54) is 41.3 Å². The average molecular weight is 360 g/mol. The Morgan fingerprint density at radius 3 is 2.42 bits per heavy atom. The van der Waals surface area contributed by atoms with Crippen molar-refractivity contribution in [2.75, 3.05) is 18.1 Å². The SMILES string of the molecule is CCN(C(=O)COC(=O)c1c(C)cccc1[N+](=O)[O-])c1ccc(F)cc1. The Morgan fingerprint density at radius 1 is 1.19 bits per heavy atom. The molecule has 1 amide bonds. The number of halogens is 1. The number of esters is 1. The van der Waals surface area contributed by atoms with E-state index in [2.05, 4.69) is 0 Å². The molecule has 0 heterocycles. The van der Waals surface area contributed by atoms with Crippen molar-refractivity contribution in [1.82, 2.24) is 0 Å². The summed E-state index contributed by atoms with van der Waals surface area (Å²) in [7, 11) is 0. The zero-order valence-corrected chi connectivity index (χ0v) is 14.3. The van der Waals surface area contributed by atoms with E-state index in [-0.39, 0.29) is 17.8 Å². The molecule has 0 aromatic heterocycles. The maximum Gasteiger partial charge on any atom is 0.345 e. The number of nitro benzene ring substituents is 1. The van der Waals surface area contributed by atoms with Crippen LogP contribution in [0.2, 0.25) is 0 Å². The van der Waals surface area contributed by atoms with Gasteiger partial charge in [-0.05, 0) is 43.7 Å². The van der Waals surface area contributed by atoms with E-state index in [4.69, 9.17) is 4.74 Å². The Morgan fingerprint density at radius 2 is 1.85 bits per heavy atom. The number of aryl methyl sites for hydroxylation is 1. The summed E-state index contributed by atoms with van der Waals surface area (Å²) in [6, 6.07) is 9.50. The van der Waals surface area contributed by atoms with Crippen LogP contribution in [0.4, 0.5) is 15.8 Å². The van der Waals surface area contributed by atoms with Gasteiger partial charge in [0, 0.05) is 18.3 Å². The van der Waals surface area contributed by atoms with Crippen LogP contribution in [0, 0.1) is 22.9 Å². The van der Waals surface area contributed by atoms with Gasteiger partial charge in [-0.1, -0.05) is 12.1 Å². The zero-order valence-electron chi connectivity index (χ0n) is 14.3. The predicted molar refractivity (Wildman–Crippen MR) is 92.5 cm³/mol. The van der Waals surface area contributed by atoms with Crippen molar-refractivity contribution in [2.45, 2.75) is 13.8 Å². The fourth-order valence-electron chi connectivity index (χ4n) is 2.47. The number of amides is 1. The van der Waals surface area contributed by atoms with Gasteiger partial charge in [-0.3, -0.25) is 14.9 Å². The molecule has 0 fully saturated rings. The topological polar surface area (TPSA) is 89.8 Å². The number of carbonyl (C=O) groups is 2. The Bertz CT molecular complexity index is 836. The minimum Gasteiger partial charge on any atom is -0.452 e. The van der Waals surface area contributed by atoms with Gasteiger partial charge in [0.2, 0.25) is 0 Å². The summed E-state index contributed by atoms with van der Waals surface area (Å²) < 4.78 is 18.0. The second-order valence-corrected chi connectivity index (χ2v) is 5.42. The van der Waals surface area contributed by atoms with E-state index in [0.717, 1.165) is 0 Å². The molecule has 2 rings (SSSR count). The smallest absolute Gasteiger partial charge is 0.345 e. The summed E-state index contributed by atoms with van der Waals surface area (Å²) in [6.07, 6.45) is 0. The lowest BCUT2D eigenvalue weighted by atomic mass is 10.1. The number of anilines is 1. The fourth-order valence-corrected chi connectivity index (χ4v) is 2.47. The molecule has 0 unspecified atom stereocenters. The molecule has 8 heteroatoms. The molecule has 0 atom stereocenters. The van der Waals surface area contributed by atoms with E-state index < -0.39 is 29.2 Å². The van der Waals surface area contributed by atoms with Crippen LogP contribution >= 0.6 is 0 Å². The van der Waals surface area contributed by atoms with Gasteiger partial charge >= 0.3 is 5.97 Å². The van der Waals surface area contributed by atoms with E-state index in [9.17, 15) is 24.1 Å². The lowest BCUT2D eigenvalue weighted by Gasteiger charge is -2.21. The lowest BCUT2D eigenvalue weighted by molar-refractivity contribution is -0.385. The van der Waals surface area contributed by atoms with E-state index in [0.29, 0.717) is 11.3 Å². The van der Waals surface area contributed by atoms with Crippen molar-refractivity contribution < 1.29 is 23.6 Å². The average Bonchev–Trinajstić information content (AvgIpc) is 2.61. The molecule has 136 valence electrons. The number of hydrogen-bond acceptors (Lipinski definition) is 5. The minimum absolute atomic E-state index is 0.185. The lowest BCUT2D eigenvalue weighted by Crippen LogP contribution is -2.34. The van der Waals surface area contributed by atoms with Crippen LogP contribution in [0.5, 0.6) is 0 Å². The van der Waals surface area contributed by atoms with Gasteiger partial charge in [0.1, 0.15) is 11.4 Å². The highest BCUT2D eigenvalue weighted by Crippen LogP contribution is 2.23. The molecule has 0 spiro atoms. The molecule has 0 radical (unpaired) electrons. The first kappa shape index (κ1) is 19.0. The molecule has 0 saturated carbocycles. The molecule has 0 aliphatic carbocycles. The summed E-state index contributed by atoms with van der Waals surface area (Å²) in [5, 5.41) is 11.1. The quantitative estimate of drug-likeness (QED) is 0.448. The van der Waals surface area contributed by atoms with Gasteiger partial charge in [-0.15, -0.1) is 0 Å². The van der Waals surface area contributed by atoms with Gasteiger partial charge in [-0.2, -0.15) is 0 Å². The largest absolute Gasteiger partial charge is 0.452 e. The van der Waals surface area contributed by atoms with E-state index in [1.54, 1.807) is 19.9 Å². The number of nitrogens with zero attached hydrogens (tertiary/aromatic N) is 2. The van der Waals surface area contributed by atoms with E-state index >= 15 is 0 Å². The Labute approximate surface area is 149 Å². The second kappa shape index (κ2) is 8.19. The summed E-state index contributed by atoms with van der Waals surface area (Å²) in [5.74, 6) is -1.91. The van der Waals surface area contributed by atoms with Crippen LogP contribution in [0.25, 0.3) is 0 Å². The van der Waals surface area contributed by atoms with E-state index in [1.807, 2.05) is 0 Å². The number of hydrogen-bond donors (Lipinski definition) is 0. The van der Waals surface area contributed by atoms with Gasteiger partial charge < -0.3 is 9.64 Å². The molecular formula is C18H17FN2O5. The number of nitro groups is 1. The summed E-state index contributed by atoms with van der Waals surface area (Å²) >= 11 is 0. The number of benzene rings is 2. The minimum atomic E-state index is -0.946. The number of carbonyl (C=O) groups excluding carboxylic acids is 2. The van der Waals surface area contributed by atoms with Crippen molar-refractivity contribution in [2.24, 2.45) is 0 Å². The molecule has 0 aliphatic rings. The highest BCUT2D eigenvalue weighted by Gasteiger charge is 2.25. The van der Waals surface area contributed by atoms with Crippen LogP contribution < -0.4 is 4.90 Å². The summed E-state index contributed by atoms with van der Waals surface area (Å²) in [5.41, 5.74) is 0.266. The van der Waals surface area contributed by atoms with Crippen molar-refractivity contribution in [3.8, 4) is 0 Å². The van der Waals surface area contributed by atoms with Crippen molar-refractivity contribution in [3.63, 3.8) is 0 Å². The van der Waals surface area contributed by atoms with Crippen LogP contribution in [-0.4, -0.2) is 30.0 Å². The van der Waals surface area contributed by atoms with Crippen LogP contribution in [0.15, 0.2) is 42.5 Å². The van der Waals surface area contributed by atoms with Gasteiger partial charge in [0.15, 0.2) is 6.61 Å². The first-order valence-electron chi connectivity index (χ1n) is 7.82. The van der Waals surface area contributed by atoms with Crippen molar-refractivity contribution >= 4 is 23.3 Å². The number of ether oxygens (including phenoxy) is 1. The molecule has 0 aliphatic heterocycles. The first-order valence-corrected chi connectivity index (χ1v) is 7.82. The third-order valence-corrected chi connectivity index (χ3v) is 3.73. The van der Waals surface area contributed by atoms with Crippen molar-refractivity contribution in [3.05, 3.63) is 69.5 Å². The molecule has 0 saturated heterocycles. The van der Waals surface area contributed by atoms with Crippen LogP contribution in [0.1, 0.15) is 22.8 Å². The normalized spacial score (nSPS) is 10.3. The van der Waals surface area contributed by atoms with Gasteiger partial charge in [-0.25, -0.2) is 9.18 Å². The molecule has 2 aromatic carbocycles.